The first-order chi connectivity index (χ1) is 8.15. The molecule has 5 heteroatoms. The second kappa shape index (κ2) is 4.87. The summed E-state index contributed by atoms with van der Waals surface area (Å²) in [7, 11) is 0. The van der Waals surface area contributed by atoms with Crippen LogP contribution in [-0.4, -0.2) is 24.3 Å². The van der Waals surface area contributed by atoms with Gasteiger partial charge in [0.2, 0.25) is 0 Å². The van der Waals surface area contributed by atoms with Crippen LogP contribution in [0.4, 0.5) is 0 Å². The molecule has 0 aliphatic carbocycles. The Bertz CT molecular complexity index is 412. The third-order valence-electron chi connectivity index (χ3n) is 3.09. The van der Waals surface area contributed by atoms with Gasteiger partial charge in [0.15, 0.2) is 5.69 Å². The van der Waals surface area contributed by atoms with E-state index in [0.29, 0.717) is 24.8 Å². The summed E-state index contributed by atoms with van der Waals surface area (Å²) in [6.07, 6.45) is 0. The van der Waals surface area contributed by atoms with E-state index in [2.05, 4.69) is 24.3 Å². The minimum atomic E-state index is -0.399. The molecule has 5 nitrogen and oxygen atoms in total. The van der Waals surface area contributed by atoms with Gasteiger partial charge in [-0.15, -0.1) is 0 Å². The Hall–Kier alpha value is -1.36. The van der Waals surface area contributed by atoms with Gasteiger partial charge < -0.3 is 14.6 Å². The Morgan fingerprint density at radius 3 is 3.06 bits per heavy atom. The molecule has 17 heavy (non-hydrogen) atoms. The van der Waals surface area contributed by atoms with E-state index in [4.69, 9.17) is 9.26 Å². The normalized spacial score (nSPS) is 19.2. The van der Waals surface area contributed by atoms with Crippen molar-refractivity contribution in [2.45, 2.75) is 33.2 Å². The number of ether oxygens (including phenoxy) is 1. The fourth-order valence-electron chi connectivity index (χ4n) is 2.13. The molecule has 0 spiro atoms. The molecule has 2 heterocycles. The monoisotopic (exact) mass is 238 g/mol. The molecule has 0 aromatic carbocycles. The van der Waals surface area contributed by atoms with E-state index in [0.717, 1.165) is 17.9 Å². The zero-order valence-corrected chi connectivity index (χ0v) is 10.4. The van der Waals surface area contributed by atoms with Crippen LogP contribution in [0.1, 0.15) is 48.5 Å². The number of rotatable bonds is 3. The van der Waals surface area contributed by atoms with Crippen LogP contribution in [0.3, 0.4) is 0 Å². The van der Waals surface area contributed by atoms with Crippen LogP contribution in [0.25, 0.3) is 0 Å². The Kier molecular flexibility index (Phi) is 3.47. The Labute approximate surface area is 101 Å². The Morgan fingerprint density at radius 1 is 1.65 bits per heavy atom. The van der Waals surface area contributed by atoms with Crippen LogP contribution >= 0.6 is 0 Å². The number of esters is 1. The summed E-state index contributed by atoms with van der Waals surface area (Å²) < 4.78 is 10.3. The highest BCUT2D eigenvalue weighted by Gasteiger charge is 2.32. The molecule has 2 rings (SSSR count). The molecule has 0 fully saturated rings. The molecule has 1 aliphatic rings. The van der Waals surface area contributed by atoms with Crippen molar-refractivity contribution in [2.24, 2.45) is 5.92 Å². The van der Waals surface area contributed by atoms with Gasteiger partial charge in [-0.05, 0) is 12.8 Å². The van der Waals surface area contributed by atoms with E-state index in [1.54, 1.807) is 6.92 Å². The van der Waals surface area contributed by atoms with Crippen molar-refractivity contribution in [3.8, 4) is 0 Å². The molecule has 0 saturated carbocycles. The topological polar surface area (TPSA) is 64.4 Å². The van der Waals surface area contributed by atoms with E-state index in [1.165, 1.54) is 0 Å². The molecule has 1 aromatic heterocycles. The molecule has 1 atom stereocenters. The van der Waals surface area contributed by atoms with Crippen molar-refractivity contribution in [1.82, 2.24) is 10.5 Å². The molecule has 94 valence electrons. The molecule has 1 aromatic rings. The van der Waals surface area contributed by atoms with Crippen molar-refractivity contribution < 1.29 is 14.1 Å². The minimum Gasteiger partial charge on any atom is -0.461 e. The van der Waals surface area contributed by atoms with Gasteiger partial charge in [-0.1, -0.05) is 19.0 Å². The zero-order chi connectivity index (χ0) is 12.4. The molecular weight excluding hydrogens is 220 g/mol. The van der Waals surface area contributed by atoms with Gasteiger partial charge >= 0.3 is 5.97 Å². The first-order valence-electron chi connectivity index (χ1n) is 6.01. The lowest BCUT2D eigenvalue weighted by molar-refractivity contribution is 0.0513. The maximum atomic E-state index is 11.7. The van der Waals surface area contributed by atoms with Crippen LogP contribution < -0.4 is 5.32 Å². The molecule has 1 unspecified atom stereocenters. The Morgan fingerprint density at radius 2 is 2.41 bits per heavy atom. The average Bonchev–Trinajstić information content (AvgIpc) is 2.72. The summed E-state index contributed by atoms with van der Waals surface area (Å²) in [6.45, 7) is 7.88. The van der Waals surface area contributed by atoms with Gasteiger partial charge in [0.05, 0.1) is 6.61 Å². The van der Waals surface area contributed by atoms with Crippen molar-refractivity contribution in [3.05, 3.63) is 17.0 Å². The summed E-state index contributed by atoms with van der Waals surface area (Å²) in [5, 5.41) is 7.15. The summed E-state index contributed by atoms with van der Waals surface area (Å²) in [5.74, 6) is 1.16. The smallest absolute Gasteiger partial charge is 0.360 e. The summed E-state index contributed by atoms with van der Waals surface area (Å²) in [5.41, 5.74) is 1.17. The quantitative estimate of drug-likeness (QED) is 0.812. The predicted molar refractivity (Wildman–Crippen MR) is 61.7 cm³/mol. The molecule has 0 radical (unpaired) electrons. The van der Waals surface area contributed by atoms with E-state index in [1.807, 2.05) is 0 Å². The second-order valence-corrected chi connectivity index (χ2v) is 4.58. The van der Waals surface area contributed by atoms with E-state index in [9.17, 15) is 4.79 Å². The van der Waals surface area contributed by atoms with Gasteiger partial charge in [0, 0.05) is 24.6 Å². The number of fused-ring (bicyclic) bond motifs is 1. The van der Waals surface area contributed by atoms with Crippen molar-refractivity contribution in [3.63, 3.8) is 0 Å². The van der Waals surface area contributed by atoms with Gasteiger partial charge in [0.1, 0.15) is 5.76 Å². The second-order valence-electron chi connectivity index (χ2n) is 4.58. The predicted octanol–water partition coefficient (Wildman–Crippen LogP) is 1.69. The third kappa shape index (κ3) is 2.20. The third-order valence-corrected chi connectivity index (χ3v) is 3.09. The number of nitrogens with zero attached hydrogens (tertiary/aromatic N) is 1. The zero-order valence-electron chi connectivity index (χ0n) is 10.4. The van der Waals surface area contributed by atoms with Crippen LogP contribution in [0.2, 0.25) is 0 Å². The highest BCUT2D eigenvalue weighted by atomic mass is 16.5. The van der Waals surface area contributed by atoms with E-state index < -0.39 is 5.97 Å². The van der Waals surface area contributed by atoms with Crippen LogP contribution in [0.15, 0.2) is 4.52 Å². The first-order valence-corrected chi connectivity index (χ1v) is 6.01. The lowest BCUT2D eigenvalue weighted by Crippen LogP contribution is -2.31. The lowest BCUT2D eigenvalue weighted by Gasteiger charge is -2.24. The molecule has 0 amide bonds. The molecular formula is C12H18N2O3. The van der Waals surface area contributed by atoms with E-state index >= 15 is 0 Å². The van der Waals surface area contributed by atoms with Gasteiger partial charge in [-0.3, -0.25) is 0 Å². The Balaban J connectivity index is 2.31. The number of nitrogens with one attached hydrogen (secondary N) is 1. The number of carbonyl (C=O) groups excluding carboxylic acids is 1. The fraction of sp³-hybridized carbons (Fsp3) is 0.667. The van der Waals surface area contributed by atoms with Crippen molar-refractivity contribution in [2.75, 3.05) is 13.2 Å². The maximum Gasteiger partial charge on any atom is 0.360 e. The SMILES string of the molecule is CCOC(=O)c1noc2c1CNCC2C(C)C. The van der Waals surface area contributed by atoms with Gasteiger partial charge in [-0.25, -0.2) is 4.79 Å². The van der Waals surface area contributed by atoms with Gasteiger partial charge in [0.25, 0.3) is 0 Å². The van der Waals surface area contributed by atoms with E-state index in [-0.39, 0.29) is 5.92 Å². The summed E-state index contributed by atoms with van der Waals surface area (Å²) in [6, 6.07) is 0. The average molecular weight is 238 g/mol. The van der Waals surface area contributed by atoms with Crippen LogP contribution in [-0.2, 0) is 11.3 Å². The van der Waals surface area contributed by atoms with Gasteiger partial charge in [-0.2, -0.15) is 0 Å². The number of hydrogen-bond acceptors (Lipinski definition) is 5. The van der Waals surface area contributed by atoms with Crippen molar-refractivity contribution in [1.29, 1.82) is 0 Å². The molecule has 0 saturated heterocycles. The number of hydrogen-bond donors (Lipinski definition) is 1. The standard InChI is InChI=1S/C12H18N2O3/c1-4-16-12(15)10-9-6-13-5-8(7(2)3)11(9)17-14-10/h7-8,13H,4-6H2,1-3H3. The summed E-state index contributed by atoms with van der Waals surface area (Å²) in [4.78, 5) is 11.7. The minimum absolute atomic E-state index is 0.273. The molecule has 0 bridgehead atoms. The largest absolute Gasteiger partial charge is 0.461 e. The van der Waals surface area contributed by atoms with Crippen molar-refractivity contribution >= 4 is 5.97 Å². The lowest BCUT2D eigenvalue weighted by atomic mass is 9.88. The highest BCUT2D eigenvalue weighted by molar-refractivity contribution is 5.89. The summed E-state index contributed by atoms with van der Waals surface area (Å²) >= 11 is 0. The number of aromatic nitrogens is 1. The molecule has 1 N–H and O–H groups in total. The van der Waals surface area contributed by atoms with Crippen LogP contribution in [0, 0.1) is 5.92 Å². The maximum absolute atomic E-state index is 11.7. The first kappa shape index (κ1) is 12.1. The number of carbonyl (C=O) groups is 1. The van der Waals surface area contributed by atoms with Crippen LogP contribution in [0.5, 0.6) is 0 Å². The molecule has 1 aliphatic heterocycles. The fourth-order valence-corrected chi connectivity index (χ4v) is 2.13. The highest BCUT2D eigenvalue weighted by Crippen LogP contribution is 2.31.